The largest absolute Gasteiger partial charge is 0.377 e. The first-order valence-corrected chi connectivity index (χ1v) is 5.05. The number of nitrogens with one attached hydrogen (secondary N) is 1. The molecule has 5 nitrogen and oxygen atoms in total. The van der Waals surface area contributed by atoms with Crippen LogP contribution in [-0.4, -0.2) is 26.4 Å². The van der Waals surface area contributed by atoms with E-state index >= 15 is 0 Å². The lowest BCUT2D eigenvalue weighted by Gasteiger charge is -1.99. The van der Waals surface area contributed by atoms with Gasteiger partial charge in [0.05, 0.1) is 12.7 Å². The fourth-order valence-corrected chi connectivity index (χ4v) is 1.73. The highest BCUT2D eigenvalue weighted by atomic mass is 32.1. The van der Waals surface area contributed by atoms with Crippen LogP contribution < -0.4 is 5.32 Å². The molecule has 0 bridgehead atoms. The van der Waals surface area contributed by atoms with Gasteiger partial charge in [0.25, 0.3) is 0 Å². The maximum Gasteiger partial charge on any atom is 0.135 e. The predicted octanol–water partition coefficient (Wildman–Crippen LogP) is 1.13. The molecule has 0 aliphatic rings. The number of nitrogens with zero attached hydrogens (tertiary/aromatic N) is 4. The number of hydrogen-bond acceptors (Lipinski definition) is 5. The van der Waals surface area contributed by atoms with Crippen molar-refractivity contribution in [3.05, 3.63) is 23.7 Å². The first-order valence-electron chi connectivity index (χ1n) is 4.27. The summed E-state index contributed by atoms with van der Waals surface area (Å²) in [4.78, 5) is 0. The maximum absolute atomic E-state index is 4.19. The van der Waals surface area contributed by atoms with Crippen LogP contribution in [0.3, 0.4) is 0 Å². The summed E-state index contributed by atoms with van der Waals surface area (Å²) in [5.74, 6) is 0. The molecule has 2 aromatic heterocycles. The number of aryl methyl sites for hydroxylation is 1. The van der Waals surface area contributed by atoms with Crippen LogP contribution in [0.5, 0.6) is 0 Å². The van der Waals surface area contributed by atoms with Gasteiger partial charge < -0.3 is 5.32 Å². The van der Waals surface area contributed by atoms with Gasteiger partial charge in [0.1, 0.15) is 10.7 Å². The van der Waals surface area contributed by atoms with E-state index in [1.807, 2.05) is 31.0 Å². The van der Waals surface area contributed by atoms with Crippen LogP contribution >= 0.6 is 11.5 Å². The number of hydrogen-bond donors (Lipinski definition) is 1. The minimum atomic E-state index is 0.667. The van der Waals surface area contributed by atoms with Crippen LogP contribution in [-0.2, 0) is 6.54 Å². The average Bonchev–Trinajstić information content (AvgIpc) is 2.76. The van der Waals surface area contributed by atoms with Gasteiger partial charge in [-0.3, -0.25) is 4.68 Å². The van der Waals surface area contributed by atoms with Crippen LogP contribution in [0, 0.1) is 6.92 Å². The molecule has 0 atom stereocenters. The predicted molar refractivity (Wildman–Crippen MR) is 55.5 cm³/mol. The molecule has 0 saturated carbocycles. The first-order chi connectivity index (χ1) is 6.79. The van der Waals surface area contributed by atoms with Gasteiger partial charge in [0, 0.05) is 24.8 Å². The van der Waals surface area contributed by atoms with Crippen molar-refractivity contribution >= 4 is 16.5 Å². The highest BCUT2D eigenvalue weighted by molar-refractivity contribution is 7.10. The van der Waals surface area contributed by atoms with Crippen molar-refractivity contribution in [2.45, 2.75) is 13.5 Å². The first kappa shape index (κ1) is 9.14. The van der Waals surface area contributed by atoms with E-state index in [1.54, 1.807) is 0 Å². The lowest BCUT2D eigenvalue weighted by atomic mass is 10.4. The highest BCUT2D eigenvalue weighted by Gasteiger charge is 2.06. The minimum absolute atomic E-state index is 0.667. The third-order valence-electron chi connectivity index (χ3n) is 1.86. The smallest absolute Gasteiger partial charge is 0.135 e. The second-order valence-corrected chi connectivity index (χ2v) is 3.77. The van der Waals surface area contributed by atoms with Crippen molar-refractivity contribution in [1.82, 2.24) is 19.4 Å². The van der Waals surface area contributed by atoms with Crippen LogP contribution in [0.1, 0.15) is 11.3 Å². The van der Waals surface area contributed by atoms with Gasteiger partial charge in [-0.25, -0.2) is 0 Å². The zero-order valence-corrected chi connectivity index (χ0v) is 8.88. The van der Waals surface area contributed by atoms with Crippen molar-refractivity contribution in [3.8, 4) is 0 Å². The van der Waals surface area contributed by atoms with Gasteiger partial charge in [-0.15, -0.1) is 5.10 Å². The van der Waals surface area contributed by atoms with Crippen LogP contribution in [0.15, 0.2) is 12.4 Å². The van der Waals surface area contributed by atoms with Crippen molar-refractivity contribution in [2.75, 3.05) is 12.4 Å². The van der Waals surface area contributed by atoms with Crippen LogP contribution in [0.4, 0.5) is 5.00 Å². The molecule has 0 aromatic carbocycles. The Morgan fingerprint density at radius 1 is 1.57 bits per heavy atom. The Balaban J connectivity index is 2.18. The summed E-state index contributed by atoms with van der Waals surface area (Å²) in [6.07, 6.45) is 3.82. The van der Waals surface area contributed by atoms with Gasteiger partial charge in [0.15, 0.2) is 0 Å². The molecule has 74 valence electrons. The van der Waals surface area contributed by atoms with E-state index in [0.29, 0.717) is 6.54 Å². The summed E-state index contributed by atoms with van der Waals surface area (Å²) in [5.41, 5.74) is 2.08. The summed E-state index contributed by atoms with van der Waals surface area (Å²) in [6, 6.07) is 0. The molecular weight excluding hydrogens is 198 g/mol. The molecule has 0 aliphatic heterocycles. The molecule has 0 aliphatic carbocycles. The van der Waals surface area contributed by atoms with Crippen LogP contribution in [0.25, 0.3) is 0 Å². The summed E-state index contributed by atoms with van der Waals surface area (Å²) >= 11 is 1.36. The third kappa shape index (κ3) is 1.74. The molecule has 0 amide bonds. The summed E-state index contributed by atoms with van der Waals surface area (Å²) in [6.45, 7) is 2.68. The zero-order valence-electron chi connectivity index (χ0n) is 8.06. The monoisotopic (exact) mass is 209 g/mol. The fourth-order valence-electron chi connectivity index (χ4n) is 1.21. The Morgan fingerprint density at radius 2 is 2.43 bits per heavy atom. The Kier molecular flexibility index (Phi) is 2.45. The number of rotatable bonds is 3. The van der Waals surface area contributed by atoms with E-state index in [9.17, 15) is 0 Å². The van der Waals surface area contributed by atoms with Gasteiger partial charge in [-0.2, -0.15) is 5.10 Å². The third-order valence-corrected chi connectivity index (χ3v) is 2.64. The standard InChI is InChI=1S/C8H11N5S/c1-6-3-10-13(4-6)5-7-8(9-2)14-12-11-7/h3-4,9H,5H2,1-2H3. The summed E-state index contributed by atoms with van der Waals surface area (Å²) < 4.78 is 5.74. The SMILES string of the molecule is CNc1snnc1Cn1cc(C)cn1. The topological polar surface area (TPSA) is 55.6 Å². The van der Waals surface area contributed by atoms with Crippen molar-refractivity contribution in [3.63, 3.8) is 0 Å². The molecule has 2 aromatic rings. The van der Waals surface area contributed by atoms with Crippen LogP contribution in [0.2, 0.25) is 0 Å². The molecule has 0 saturated heterocycles. The van der Waals surface area contributed by atoms with E-state index in [1.165, 1.54) is 11.5 Å². The molecule has 1 N–H and O–H groups in total. The van der Waals surface area contributed by atoms with Crippen molar-refractivity contribution in [2.24, 2.45) is 0 Å². The van der Waals surface area contributed by atoms with Gasteiger partial charge in [0.2, 0.25) is 0 Å². The number of aromatic nitrogens is 4. The lowest BCUT2D eigenvalue weighted by Crippen LogP contribution is -2.02. The van der Waals surface area contributed by atoms with E-state index in [0.717, 1.165) is 16.3 Å². The van der Waals surface area contributed by atoms with E-state index in [4.69, 9.17) is 0 Å². The van der Waals surface area contributed by atoms with Gasteiger partial charge in [-0.1, -0.05) is 4.49 Å². The summed E-state index contributed by atoms with van der Waals surface area (Å²) in [7, 11) is 1.87. The molecule has 2 rings (SSSR count). The molecule has 14 heavy (non-hydrogen) atoms. The normalized spacial score (nSPS) is 10.4. The number of anilines is 1. The van der Waals surface area contributed by atoms with E-state index < -0.39 is 0 Å². The maximum atomic E-state index is 4.19. The van der Waals surface area contributed by atoms with E-state index in [-0.39, 0.29) is 0 Å². The summed E-state index contributed by atoms with van der Waals surface area (Å²) in [5, 5.41) is 12.3. The lowest BCUT2D eigenvalue weighted by molar-refractivity contribution is 0.671. The quantitative estimate of drug-likeness (QED) is 0.823. The second kappa shape index (κ2) is 3.75. The fraction of sp³-hybridized carbons (Fsp3) is 0.375. The molecule has 2 heterocycles. The molecule has 0 radical (unpaired) electrons. The van der Waals surface area contributed by atoms with Gasteiger partial charge in [-0.05, 0) is 12.5 Å². The molecule has 0 spiro atoms. The average molecular weight is 209 g/mol. The Morgan fingerprint density at radius 3 is 3.07 bits per heavy atom. The molecule has 6 heteroatoms. The molecular formula is C8H11N5S. The van der Waals surface area contributed by atoms with Crippen molar-refractivity contribution in [1.29, 1.82) is 0 Å². The minimum Gasteiger partial charge on any atom is -0.377 e. The second-order valence-electron chi connectivity index (χ2n) is 3.01. The van der Waals surface area contributed by atoms with Crippen molar-refractivity contribution < 1.29 is 0 Å². The van der Waals surface area contributed by atoms with E-state index in [2.05, 4.69) is 20.0 Å². The van der Waals surface area contributed by atoms with Gasteiger partial charge >= 0.3 is 0 Å². The Hall–Kier alpha value is -1.43. The highest BCUT2D eigenvalue weighted by Crippen LogP contribution is 2.17. The zero-order chi connectivity index (χ0) is 9.97. The molecule has 0 fully saturated rings. The Bertz CT molecular complexity index is 419. The molecule has 0 unspecified atom stereocenters. The Labute approximate surface area is 85.9 Å².